The lowest BCUT2D eigenvalue weighted by Gasteiger charge is -1.97. The van der Waals surface area contributed by atoms with Crippen LogP contribution in [0.3, 0.4) is 0 Å². The molecular formula is C17H12N6O2. The zero-order valence-corrected chi connectivity index (χ0v) is 13.5. The van der Waals surface area contributed by atoms with E-state index in [2.05, 4.69) is 25.2 Å². The van der Waals surface area contributed by atoms with E-state index in [-0.39, 0.29) is 5.89 Å². The Labute approximate surface area is 141 Å². The van der Waals surface area contributed by atoms with Crippen LogP contribution in [0.1, 0.15) is 11.4 Å². The van der Waals surface area contributed by atoms with E-state index in [1.807, 2.05) is 50.2 Å². The van der Waals surface area contributed by atoms with Gasteiger partial charge >= 0.3 is 0 Å². The highest BCUT2D eigenvalue weighted by atomic mass is 16.5. The third-order valence-corrected chi connectivity index (χ3v) is 3.88. The van der Waals surface area contributed by atoms with Crippen LogP contribution in [-0.4, -0.2) is 29.7 Å². The van der Waals surface area contributed by atoms with Crippen LogP contribution in [-0.2, 0) is 0 Å². The summed E-state index contributed by atoms with van der Waals surface area (Å²) < 4.78 is 12.7. The van der Waals surface area contributed by atoms with E-state index >= 15 is 0 Å². The monoisotopic (exact) mass is 332 g/mol. The van der Waals surface area contributed by atoms with Crippen LogP contribution in [0.5, 0.6) is 0 Å². The molecule has 25 heavy (non-hydrogen) atoms. The summed E-state index contributed by atoms with van der Waals surface area (Å²) in [5.41, 5.74) is 2.57. The quantitative estimate of drug-likeness (QED) is 0.490. The molecule has 0 amide bonds. The number of furan rings is 1. The number of benzene rings is 1. The molecule has 0 aliphatic rings. The van der Waals surface area contributed by atoms with Gasteiger partial charge < -0.3 is 8.94 Å². The molecule has 0 radical (unpaired) electrons. The summed E-state index contributed by atoms with van der Waals surface area (Å²) in [6, 6.07) is 11.5. The predicted octanol–water partition coefficient (Wildman–Crippen LogP) is 3.20. The van der Waals surface area contributed by atoms with Crippen LogP contribution in [0.4, 0.5) is 0 Å². The Balaban J connectivity index is 1.59. The molecule has 0 bridgehead atoms. The summed E-state index contributed by atoms with van der Waals surface area (Å²) in [5, 5.41) is 9.35. The number of aryl methyl sites for hydroxylation is 2. The summed E-state index contributed by atoms with van der Waals surface area (Å²) >= 11 is 0. The third-order valence-electron chi connectivity index (χ3n) is 3.88. The van der Waals surface area contributed by atoms with Gasteiger partial charge in [-0.1, -0.05) is 23.4 Å². The maximum absolute atomic E-state index is 5.75. The number of hydrogen-bond donors (Lipinski definition) is 0. The maximum atomic E-state index is 5.75. The Morgan fingerprint density at radius 3 is 2.72 bits per heavy atom. The molecule has 0 aliphatic carbocycles. The van der Waals surface area contributed by atoms with Gasteiger partial charge in [-0.25, -0.2) is 9.50 Å². The molecule has 0 fully saturated rings. The molecule has 4 aromatic heterocycles. The average molecular weight is 332 g/mol. The van der Waals surface area contributed by atoms with Gasteiger partial charge in [0.05, 0.1) is 0 Å². The van der Waals surface area contributed by atoms with Gasteiger partial charge in [-0.05, 0) is 32.0 Å². The van der Waals surface area contributed by atoms with E-state index in [4.69, 9.17) is 8.94 Å². The minimum Gasteiger partial charge on any atom is -0.453 e. The number of rotatable bonds is 2. The van der Waals surface area contributed by atoms with E-state index in [1.54, 1.807) is 4.52 Å². The minimum atomic E-state index is 0.220. The van der Waals surface area contributed by atoms with Crippen molar-refractivity contribution in [3.05, 3.63) is 47.8 Å². The molecule has 0 atom stereocenters. The van der Waals surface area contributed by atoms with Crippen molar-refractivity contribution in [2.24, 2.45) is 0 Å². The van der Waals surface area contributed by atoms with Crippen LogP contribution in [0.2, 0.25) is 0 Å². The molecule has 8 nitrogen and oxygen atoms in total. The summed E-state index contributed by atoms with van der Waals surface area (Å²) in [6.45, 7) is 3.85. The lowest BCUT2D eigenvalue weighted by atomic mass is 10.2. The first kappa shape index (κ1) is 13.8. The summed E-state index contributed by atoms with van der Waals surface area (Å²) in [6.07, 6.45) is 0. The number of hydrogen-bond acceptors (Lipinski definition) is 7. The van der Waals surface area contributed by atoms with Crippen molar-refractivity contribution in [1.29, 1.82) is 0 Å². The fourth-order valence-corrected chi connectivity index (χ4v) is 2.76. The molecule has 0 saturated heterocycles. The first-order chi connectivity index (χ1) is 12.2. The van der Waals surface area contributed by atoms with Crippen molar-refractivity contribution < 1.29 is 8.94 Å². The molecule has 4 heterocycles. The predicted molar refractivity (Wildman–Crippen MR) is 88.8 cm³/mol. The molecule has 122 valence electrons. The second-order valence-electron chi connectivity index (χ2n) is 5.76. The van der Waals surface area contributed by atoms with Crippen LogP contribution in [0.25, 0.3) is 40.0 Å². The third kappa shape index (κ3) is 2.18. The maximum Gasteiger partial charge on any atom is 0.298 e. The van der Waals surface area contributed by atoms with Crippen molar-refractivity contribution in [1.82, 2.24) is 29.7 Å². The van der Waals surface area contributed by atoms with Crippen LogP contribution in [0.15, 0.2) is 45.3 Å². The van der Waals surface area contributed by atoms with Crippen molar-refractivity contribution in [2.75, 3.05) is 0 Å². The number of aromatic nitrogens is 6. The zero-order chi connectivity index (χ0) is 17.0. The van der Waals surface area contributed by atoms with Gasteiger partial charge in [-0.3, -0.25) is 0 Å². The number of para-hydroxylation sites is 1. The largest absolute Gasteiger partial charge is 0.453 e. The summed E-state index contributed by atoms with van der Waals surface area (Å²) in [5.74, 6) is 1.93. The summed E-state index contributed by atoms with van der Waals surface area (Å²) in [4.78, 5) is 13.1. The van der Waals surface area contributed by atoms with Crippen molar-refractivity contribution in [3.8, 4) is 23.3 Å². The SMILES string of the molecule is Cc1cc(C)n2nc(-c3nc(-c4cc5ccccc5o4)no3)nc2n1. The lowest BCUT2D eigenvalue weighted by Crippen LogP contribution is -1.97. The van der Waals surface area contributed by atoms with Gasteiger partial charge in [0, 0.05) is 16.8 Å². The van der Waals surface area contributed by atoms with Gasteiger partial charge in [0.25, 0.3) is 11.7 Å². The van der Waals surface area contributed by atoms with E-state index in [1.165, 1.54) is 0 Å². The van der Waals surface area contributed by atoms with Gasteiger partial charge in [-0.2, -0.15) is 9.97 Å². The van der Waals surface area contributed by atoms with E-state index < -0.39 is 0 Å². The fraction of sp³-hybridized carbons (Fsp3) is 0.118. The first-order valence-electron chi connectivity index (χ1n) is 7.71. The molecule has 8 heteroatoms. The Hall–Kier alpha value is -3.55. The highest BCUT2D eigenvalue weighted by Crippen LogP contribution is 2.27. The van der Waals surface area contributed by atoms with E-state index in [9.17, 15) is 0 Å². The molecule has 0 spiro atoms. The van der Waals surface area contributed by atoms with Gasteiger partial charge in [-0.15, -0.1) is 5.10 Å². The van der Waals surface area contributed by atoms with Crippen molar-refractivity contribution in [3.63, 3.8) is 0 Å². The standard InChI is InChI=1S/C17H12N6O2/c1-9-7-10(2)23-17(18-9)20-15(21-23)16-19-14(22-25-16)13-8-11-5-3-4-6-12(11)24-13/h3-8H,1-2H3. The second-order valence-corrected chi connectivity index (χ2v) is 5.76. The molecule has 1 aromatic carbocycles. The highest BCUT2D eigenvalue weighted by molar-refractivity contribution is 5.81. The molecule has 0 aliphatic heterocycles. The molecule has 5 aromatic rings. The topological polar surface area (TPSA) is 95.1 Å². The van der Waals surface area contributed by atoms with Gasteiger partial charge in [0.2, 0.25) is 11.6 Å². The minimum absolute atomic E-state index is 0.220. The first-order valence-corrected chi connectivity index (χ1v) is 7.71. The Kier molecular flexibility index (Phi) is 2.75. The highest BCUT2D eigenvalue weighted by Gasteiger charge is 2.19. The zero-order valence-electron chi connectivity index (χ0n) is 13.5. The fourth-order valence-electron chi connectivity index (χ4n) is 2.76. The van der Waals surface area contributed by atoms with Gasteiger partial charge in [0.15, 0.2) is 5.76 Å². The Morgan fingerprint density at radius 1 is 0.960 bits per heavy atom. The second kappa shape index (κ2) is 4.97. The number of nitrogens with zero attached hydrogens (tertiary/aromatic N) is 6. The van der Waals surface area contributed by atoms with Crippen LogP contribution < -0.4 is 0 Å². The van der Waals surface area contributed by atoms with Crippen LogP contribution in [0, 0.1) is 13.8 Å². The smallest absolute Gasteiger partial charge is 0.298 e. The van der Waals surface area contributed by atoms with E-state index in [0.717, 1.165) is 22.4 Å². The van der Waals surface area contributed by atoms with Gasteiger partial charge in [0.1, 0.15) is 5.58 Å². The molecular weight excluding hydrogens is 320 g/mol. The normalized spacial score (nSPS) is 11.6. The molecule has 0 saturated carbocycles. The molecule has 5 rings (SSSR count). The lowest BCUT2D eigenvalue weighted by molar-refractivity contribution is 0.427. The van der Waals surface area contributed by atoms with Crippen molar-refractivity contribution >= 4 is 16.7 Å². The molecule has 0 N–H and O–H groups in total. The number of fused-ring (bicyclic) bond motifs is 2. The van der Waals surface area contributed by atoms with E-state index in [0.29, 0.717) is 23.2 Å². The summed E-state index contributed by atoms with van der Waals surface area (Å²) in [7, 11) is 0. The average Bonchev–Trinajstić information content (AvgIpc) is 3.31. The van der Waals surface area contributed by atoms with Crippen LogP contribution >= 0.6 is 0 Å². The Morgan fingerprint density at radius 2 is 1.84 bits per heavy atom. The Bertz CT molecular complexity index is 1200. The van der Waals surface area contributed by atoms with Crippen molar-refractivity contribution in [2.45, 2.75) is 13.8 Å². The molecule has 0 unspecified atom stereocenters.